The number of aromatic amines is 1. The Balaban J connectivity index is 2.00. The summed E-state index contributed by atoms with van der Waals surface area (Å²) in [5.74, 6) is -0.260. The zero-order valence-corrected chi connectivity index (χ0v) is 9.96. The number of amides is 1. The Hall–Kier alpha value is -1.88. The van der Waals surface area contributed by atoms with Gasteiger partial charge in [-0.15, -0.1) is 0 Å². The van der Waals surface area contributed by atoms with Gasteiger partial charge in [0, 0.05) is 18.1 Å². The normalized spacial score (nSPS) is 24.2. The van der Waals surface area contributed by atoms with Gasteiger partial charge in [0.1, 0.15) is 5.82 Å². The molecule has 1 unspecified atom stereocenters. The Morgan fingerprint density at radius 1 is 1.39 bits per heavy atom. The first kappa shape index (κ1) is 11.2. The summed E-state index contributed by atoms with van der Waals surface area (Å²) in [6.07, 6.45) is 1.80. The van der Waals surface area contributed by atoms with E-state index in [1.165, 1.54) is 6.07 Å². The molecule has 1 aromatic carbocycles. The molecule has 1 saturated heterocycles. The summed E-state index contributed by atoms with van der Waals surface area (Å²) in [4.78, 5) is 14.3. The first-order valence-electron chi connectivity index (χ1n) is 5.96. The Morgan fingerprint density at radius 3 is 3.00 bits per heavy atom. The molecule has 3 N–H and O–H groups in total. The average molecular weight is 247 g/mol. The highest BCUT2D eigenvalue weighted by atomic mass is 19.1. The van der Waals surface area contributed by atoms with Crippen LogP contribution in [-0.4, -0.2) is 23.5 Å². The van der Waals surface area contributed by atoms with Gasteiger partial charge in [0.2, 0.25) is 5.91 Å². The number of fused-ring (bicyclic) bond motifs is 1. The lowest BCUT2D eigenvalue weighted by Crippen LogP contribution is -2.52. The van der Waals surface area contributed by atoms with Crippen molar-refractivity contribution in [2.75, 3.05) is 6.54 Å². The van der Waals surface area contributed by atoms with Gasteiger partial charge >= 0.3 is 0 Å². The molecule has 1 fully saturated rings. The number of nitrogens with one attached hydrogen (secondary N) is 3. The van der Waals surface area contributed by atoms with Crippen LogP contribution in [0.15, 0.2) is 24.4 Å². The maximum Gasteiger partial charge on any atom is 0.236 e. The minimum atomic E-state index is -0.258. The summed E-state index contributed by atoms with van der Waals surface area (Å²) >= 11 is 0. The quantitative estimate of drug-likeness (QED) is 0.714. The number of piperazine rings is 1. The molecule has 94 valence electrons. The second kappa shape index (κ2) is 4.10. The zero-order chi connectivity index (χ0) is 12.7. The van der Waals surface area contributed by atoms with Crippen LogP contribution < -0.4 is 10.6 Å². The van der Waals surface area contributed by atoms with Crippen LogP contribution >= 0.6 is 0 Å². The molecule has 0 radical (unpaired) electrons. The third-order valence-electron chi connectivity index (χ3n) is 3.40. The van der Waals surface area contributed by atoms with E-state index in [0.29, 0.717) is 12.1 Å². The fourth-order valence-electron chi connectivity index (χ4n) is 2.42. The summed E-state index contributed by atoms with van der Waals surface area (Å²) < 4.78 is 13.6. The van der Waals surface area contributed by atoms with Crippen LogP contribution in [0.5, 0.6) is 0 Å². The molecule has 0 aliphatic carbocycles. The molecule has 3 rings (SSSR count). The summed E-state index contributed by atoms with van der Waals surface area (Å²) in [5.41, 5.74) is 1.50. The van der Waals surface area contributed by atoms with Gasteiger partial charge in [-0.2, -0.15) is 0 Å². The molecule has 1 amide bonds. The monoisotopic (exact) mass is 247 g/mol. The van der Waals surface area contributed by atoms with E-state index in [0.717, 1.165) is 10.9 Å². The van der Waals surface area contributed by atoms with Crippen molar-refractivity contribution in [1.29, 1.82) is 0 Å². The fourth-order valence-corrected chi connectivity index (χ4v) is 2.42. The van der Waals surface area contributed by atoms with E-state index in [1.54, 1.807) is 12.3 Å². The van der Waals surface area contributed by atoms with Crippen LogP contribution in [0.25, 0.3) is 10.9 Å². The van der Waals surface area contributed by atoms with Crippen molar-refractivity contribution < 1.29 is 9.18 Å². The molecule has 0 saturated carbocycles. The van der Waals surface area contributed by atoms with Crippen molar-refractivity contribution in [1.82, 2.24) is 15.6 Å². The van der Waals surface area contributed by atoms with Gasteiger partial charge in [0.25, 0.3) is 0 Å². The van der Waals surface area contributed by atoms with E-state index in [2.05, 4.69) is 15.6 Å². The van der Waals surface area contributed by atoms with E-state index in [9.17, 15) is 9.18 Å². The van der Waals surface area contributed by atoms with Crippen LogP contribution in [0.1, 0.15) is 18.5 Å². The third-order valence-corrected chi connectivity index (χ3v) is 3.40. The van der Waals surface area contributed by atoms with Crippen LogP contribution in [0.4, 0.5) is 4.39 Å². The number of halogens is 1. The standard InChI is InChI=1S/C13H14FN3O/c1-7-13(18)16-6-11(17-7)9-5-15-12-8(9)3-2-4-10(12)14/h2-5,7,11,15,17H,6H2,1H3,(H,16,18)/t7-,11?/m0/s1. The highest BCUT2D eigenvalue weighted by Gasteiger charge is 2.26. The van der Waals surface area contributed by atoms with Crippen molar-refractivity contribution in [2.45, 2.75) is 19.0 Å². The highest BCUT2D eigenvalue weighted by molar-refractivity contribution is 5.86. The summed E-state index contributed by atoms with van der Waals surface area (Å²) in [5, 5.41) is 6.92. The van der Waals surface area contributed by atoms with Crippen LogP contribution in [0, 0.1) is 5.82 Å². The van der Waals surface area contributed by atoms with Crippen molar-refractivity contribution in [3.8, 4) is 0 Å². The average Bonchev–Trinajstić information content (AvgIpc) is 2.78. The minimum Gasteiger partial charge on any atom is -0.358 e. The number of benzene rings is 1. The van der Waals surface area contributed by atoms with E-state index >= 15 is 0 Å². The van der Waals surface area contributed by atoms with Crippen LogP contribution in [0.2, 0.25) is 0 Å². The number of H-pyrrole nitrogens is 1. The predicted octanol–water partition coefficient (Wildman–Crippen LogP) is 1.46. The van der Waals surface area contributed by atoms with Crippen molar-refractivity contribution in [3.63, 3.8) is 0 Å². The smallest absolute Gasteiger partial charge is 0.236 e. The van der Waals surface area contributed by atoms with Gasteiger partial charge in [-0.05, 0) is 18.6 Å². The molecule has 1 aromatic heterocycles. The SMILES string of the molecule is C[C@@H]1NC(c2c[nH]c3c(F)cccc23)CNC1=O. The number of hydrogen-bond acceptors (Lipinski definition) is 2. The van der Waals surface area contributed by atoms with Gasteiger partial charge < -0.3 is 10.3 Å². The van der Waals surface area contributed by atoms with E-state index in [1.807, 2.05) is 13.0 Å². The highest BCUT2D eigenvalue weighted by Crippen LogP contribution is 2.26. The van der Waals surface area contributed by atoms with E-state index < -0.39 is 0 Å². The molecule has 1 aliphatic rings. The molecule has 0 spiro atoms. The van der Waals surface area contributed by atoms with Crippen LogP contribution in [0.3, 0.4) is 0 Å². The number of rotatable bonds is 1. The molecule has 18 heavy (non-hydrogen) atoms. The Bertz CT molecular complexity index is 607. The first-order valence-corrected chi connectivity index (χ1v) is 5.96. The maximum absolute atomic E-state index is 13.6. The molecular formula is C13H14FN3O. The van der Waals surface area contributed by atoms with E-state index in [4.69, 9.17) is 0 Å². The number of carbonyl (C=O) groups is 1. The second-order valence-electron chi connectivity index (χ2n) is 4.59. The number of carbonyl (C=O) groups excluding carboxylic acids is 1. The molecule has 2 heterocycles. The molecule has 2 aromatic rings. The Kier molecular flexibility index (Phi) is 2.56. The van der Waals surface area contributed by atoms with Crippen LogP contribution in [-0.2, 0) is 4.79 Å². The predicted molar refractivity (Wildman–Crippen MR) is 66.6 cm³/mol. The van der Waals surface area contributed by atoms with Gasteiger partial charge in [-0.3, -0.25) is 10.1 Å². The lowest BCUT2D eigenvalue weighted by Gasteiger charge is -2.28. The molecule has 1 aliphatic heterocycles. The summed E-state index contributed by atoms with van der Waals surface area (Å²) in [6.45, 7) is 2.34. The van der Waals surface area contributed by atoms with E-state index in [-0.39, 0.29) is 23.8 Å². The second-order valence-corrected chi connectivity index (χ2v) is 4.59. The molecule has 0 bridgehead atoms. The molecule has 4 nitrogen and oxygen atoms in total. The minimum absolute atomic E-state index is 0.00253. The summed E-state index contributed by atoms with van der Waals surface area (Å²) in [7, 11) is 0. The zero-order valence-electron chi connectivity index (χ0n) is 9.96. The van der Waals surface area contributed by atoms with Gasteiger partial charge in [0.05, 0.1) is 17.6 Å². The van der Waals surface area contributed by atoms with Gasteiger partial charge in [0.15, 0.2) is 0 Å². The molecule has 2 atom stereocenters. The number of hydrogen-bond donors (Lipinski definition) is 3. The topological polar surface area (TPSA) is 56.9 Å². The molecular weight excluding hydrogens is 233 g/mol. The number of para-hydroxylation sites is 1. The lowest BCUT2D eigenvalue weighted by atomic mass is 10.0. The van der Waals surface area contributed by atoms with Crippen molar-refractivity contribution in [3.05, 3.63) is 35.8 Å². The Labute approximate surface area is 104 Å². The number of aromatic nitrogens is 1. The first-order chi connectivity index (χ1) is 8.66. The van der Waals surface area contributed by atoms with Crippen molar-refractivity contribution >= 4 is 16.8 Å². The van der Waals surface area contributed by atoms with Gasteiger partial charge in [-0.1, -0.05) is 12.1 Å². The van der Waals surface area contributed by atoms with Gasteiger partial charge in [-0.25, -0.2) is 4.39 Å². The fraction of sp³-hybridized carbons (Fsp3) is 0.308. The maximum atomic E-state index is 13.6. The largest absolute Gasteiger partial charge is 0.358 e. The van der Waals surface area contributed by atoms with Crippen molar-refractivity contribution in [2.24, 2.45) is 0 Å². The molecule has 5 heteroatoms. The third kappa shape index (κ3) is 1.67. The lowest BCUT2D eigenvalue weighted by molar-refractivity contribution is -0.124. The Morgan fingerprint density at radius 2 is 2.22 bits per heavy atom. The summed E-state index contributed by atoms with van der Waals surface area (Å²) in [6, 6.07) is 4.78.